The van der Waals surface area contributed by atoms with Crippen molar-refractivity contribution in [2.45, 2.75) is 32.4 Å². The van der Waals surface area contributed by atoms with Crippen LogP contribution in [0.3, 0.4) is 0 Å². The normalized spacial score (nSPS) is 16.6. The predicted molar refractivity (Wildman–Crippen MR) is 83.1 cm³/mol. The average Bonchev–Trinajstić information content (AvgIpc) is 2.83. The summed E-state index contributed by atoms with van der Waals surface area (Å²) >= 11 is 0. The maximum atomic E-state index is 12.5. The molecule has 0 atom stereocenters. The Balaban J connectivity index is 1.73. The van der Waals surface area contributed by atoms with Crippen molar-refractivity contribution in [1.82, 2.24) is 19.8 Å². The lowest BCUT2D eigenvalue weighted by Gasteiger charge is -2.32. The topological polar surface area (TPSA) is 50.2 Å². The van der Waals surface area contributed by atoms with Gasteiger partial charge in [-0.15, -0.1) is 0 Å². The van der Waals surface area contributed by atoms with Gasteiger partial charge in [-0.3, -0.25) is 4.79 Å². The highest BCUT2D eigenvalue weighted by Crippen LogP contribution is 2.17. The third-order valence-electron chi connectivity index (χ3n) is 4.39. The number of benzene rings is 1. The number of amides is 1. The Morgan fingerprint density at radius 1 is 1.33 bits per heavy atom. The second-order valence-corrected chi connectivity index (χ2v) is 5.68. The summed E-state index contributed by atoms with van der Waals surface area (Å²) in [5, 5.41) is 3.29. The second kappa shape index (κ2) is 5.85. The molecule has 2 aromatic rings. The van der Waals surface area contributed by atoms with E-state index in [-0.39, 0.29) is 5.91 Å². The van der Waals surface area contributed by atoms with Gasteiger partial charge < -0.3 is 14.8 Å². The standard InChI is InChI=1S/C16H22N4O/c1-12-18-14-5-3-4-6-15(14)20(12)11-16(21)19-9-7-13(17-2)8-10-19/h3-6,13,17H,7-11H2,1-2H3. The summed E-state index contributed by atoms with van der Waals surface area (Å²) in [4.78, 5) is 19.0. The monoisotopic (exact) mass is 286 g/mol. The molecule has 0 saturated carbocycles. The van der Waals surface area contributed by atoms with Crippen LogP contribution in [0.4, 0.5) is 0 Å². The van der Waals surface area contributed by atoms with E-state index in [1.54, 1.807) is 0 Å². The SMILES string of the molecule is CNC1CCN(C(=O)Cn2c(C)nc3ccccc32)CC1. The van der Waals surface area contributed by atoms with Crippen LogP contribution in [-0.2, 0) is 11.3 Å². The zero-order valence-corrected chi connectivity index (χ0v) is 12.7. The van der Waals surface area contributed by atoms with Crippen LogP contribution in [0.5, 0.6) is 0 Å². The van der Waals surface area contributed by atoms with E-state index in [0.717, 1.165) is 42.8 Å². The van der Waals surface area contributed by atoms with Crippen molar-refractivity contribution in [1.29, 1.82) is 0 Å². The number of aromatic nitrogens is 2. The zero-order valence-electron chi connectivity index (χ0n) is 12.7. The van der Waals surface area contributed by atoms with Crippen molar-refractivity contribution < 1.29 is 4.79 Å². The van der Waals surface area contributed by atoms with E-state index in [2.05, 4.69) is 10.3 Å². The molecule has 1 aromatic heterocycles. The number of imidazole rings is 1. The van der Waals surface area contributed by atoms with Gasteiger partial charge in [-0.2, -0.15) is 0 Å². The third kappa shape index (κ3) is 2.78. The number of carbonyl (C=O) groups excluding carboxylic acids is 1. The minimum Gasteiger partial charge on any atom is -0.341 e. The van der Waals surface area contributed by atoms with Crippen molar-refractivity contribution in [3.05, 3.63) is 30.1 Å². The van der Waals surface area contributed by atoms with Crippen LogP contribution in [0.25, 0.3) is 11.0 Å². The molecule has 5 nitrogen and oxygen atoms in total. The van der Waals surface area contributed by atoms with Gasteiger partial charge in [0.2, 0.25) is 5.91 Å². The molecule has 0 radical (unpaired) electrons. The van der Waals surface area contributed by atoms with Gasteiger partial charge in [-0.1, -0.05) is 12.1 Å². The Labute approximate surface area is 125 Å². The Hall–Kier alpha value is -1.88. The van der Waals surface area contributed by atoms with Crippen molar-refractivity contribution in [2.24, 2.45) is 0 Å². The van der Waals surface area contributed by atoms with Gasteiger partial charge in [-0.05, 0) is 38.9 Å². The summed E-state index contributed by atoms with van der Waals surface area (Å²) in [6.07, 6.45) is 2.07. The molecule has 3 rings (SSSR count). The summed E-state index contributed by atoms with van der Waals surface area (Å²) in [7, 11) is 1.99. The third-order valence-corrected chi connectivity index (χ3v) is 4.39. The summed E-state index contributed by atoms with van der Waals surface area (Å²) in [5.41, 5.74) is 1.99. The molecule has 2 heterocycles. The van der Waals surface area contributed by atoms with E-state index in [0.29, 0.717) is 12.6 Å². The molecule has 1 amide bonds. The van der Waals surface area contributed by atoms with Gasteiger partial charge in [0.15, 0.2) is 0 Å². The minimum atomic E-state index is 0.191. The maximum absolute atomic E-state index is 12.5. The molecular weight excluding hydrogens is 264 g/mol. The lowest BCUT2D eigenvalue weighted by atomic mass is 10.1. The van der Waals surface area contributed by atoms with Crippen molar-refractivity contribution >= 4 is 16.9 Å². The van der Waals surface area contributed by atoms with E-state index in [4.69, 9.17) is 0 Å². The second-order valence-electron chi connectivity index (χ2n) is 5.68. The van der Waals surface area contributed by atoms with E-state index < -0.39 is 0 Å². The van der Waals surface area contributed by atoms with Crippen LogP contribution in [0.1, 0.15) is 18.7 Å². The zero-order chi connectivity index (χ0) is 14.8. The number of rotatable bonds is 3. The predicted octanol–water partition coefficient (Wildman–Crippen LogP) is 1.56. The highest BCUT2D eigenvalue weighted by molar-refractivity contribution is 5.81. The maximum Gasteiger partial charge on any atom is 0.242 e. The van der Waals surface area contributed by atoms with Gasteiger partial charge in [0.1, 0.15) is 12.4 Å². The molecule has 1 N–H and O–H groups in total. The minimum absolute atomic E-state index is 0.191. The molecule has 5 heteroatoms. The lowest BCUT2D eigenvalue weighted by Crippen LogP contribution is -2.45. The highest BCUT2D eigenvalue weighted by atomic mass is 16.2. The van der Waals surface area contributed by atoms with Crippen LogP contribution in [-0.4, -0.2) is 46.5 Å². The first-order valence-electron chi connectivity index (χ1n) is 7.56. The number of hydrogen-bond donors (Lipinski definition) is 1. The Morgan fingerprint density at radius 3 is 2.76 bits per heavy atom. The smallest absolute Gasteiger partial charge is 0.242 e. The van der Waals surface area contributed by atoms with Crippen LogP contribution in [0, 0.1) is 6.92 Å². The van der Waals surface area contributed by atoms with E-state index in [1.807, 2.05) is 47.7 Å². The number of nitrogens with zero attached hydrogens (tertiary/aromatic N) is 3. The molecule has 0 bridgehead atoms. The fourth-order valence-electron chi connectivity index (χ4n) is 3.05. The quantitative estimate of drug-likeness (QED) is 0.931. The lowest BCUT2D eigenvalue weighted by molar-refractivity contribution is -0.132. The van der Waals surface area contributed by atoms with Gasteiger partial charge in [0.25, 0.3) is 0 Å². The first-order chi connectivity index (χ1) is 10.2. The highest BCUT2D eigenvalue weighted by Gasteiger charge is 2.22. The number of para-hydroxylation sites is 2. The first kappa shape index (κ1) is 14.1. The molecule has 112 valence electrons. The summed E-state index contributed by atoms with van der Waals surface area (Å²) in [6, 6.07) is 8.52. The van der Waals surface area contributed by atoms with Crippen molar-refractivity contribution in [2.75, 3.05) is 20.1 Å². The summed E-state index contributed by atoms with van der Waals surface area (Å²) in [5.74, 6) is 1.09. The number of aryl methyl sites for hydroxylation is 1. The van der Waals surface area contributed by atoms with Crippen molar-refractivity contribution in [3.8, 4) is 0 Å². The molecule has 0 aliphatic carbocycles. The van der Waals surface area contributed by atoms with E-state index in [1.165, 1.54) is 0 Å². The van der Waals surface area contributed by atoms with Crippen LogP contribution >= 0.6 is 0 Å². The fraction of sp³-hybridized carbons (Fsp3) is 0.500. The molecule has 1 fully saturated rings. The largest absolute Gasteiger partial charge is 0.341 e. The number of carbonyl (C=O) groups is 1. The van der Waals surface area contributed by atoms with Crippen LogP contribution in [0.2, 0.25) is 0 Å². The van der Waals surface area contributed by atoms with Crippen LogP contribution < -0.4 is 5.32 Å². The molecule has 0 unspecified atom stereocenters. The molecule has 1 saturated heterocycles. The number of nitrogens with one attached hydrogen (secondary N) is 1. The molecule has 21 heavy (non-hydrogen) atoms. The van der Waals surface area contributed by atoms with Crippen molar-refractivity contribution in [3.63, 3.8) is 0 Å². The van der Waals surface area contributed by atoms with E-state index >= 15 is 0 Å². The van der Waals surface area contributed by atoms with Gasteiger partial charge in [-0.25, -0.2) is 4.98 Å². The van der Waals surface area contributed by atoms with Gasteiger partial charge in [0.05, 0.1) is 11.0 Å². The number of likely N-dealkylation sites (tertiary alicyclic amines) is 1. The van der Waals surface area contributed by atoms with Gasteiger partial charge >= 0.3 is 0 Å². The summed E-state index contributed by atoms with van der Waals surface area (Å²) < 4.78 is 2.02. The first-order valence-corrected chi connectivity index (χ1v) is 7.56. The molecule has 0 spiro atoms. The number of fused-ring (bicyclic) bond motifs is 1. The Kier molecular flexibility index (Phi) is 3.92. The average molecular weight is 286 g/mol. The van der Waals surface area contributed by atoms with Crippen LogP contribution in [0.15, 0.2) is 24.3 Å². The number of hydrogen-bond acceptors (Lipinski definition) is 3. The van der Waals surface area contributed by atoms with E-state index in [9.17, 15) is 4.79 Å². The van der Waals surface area contributed by atoms with Gasteiger partial charge in [0, 0.05) is 19.1 Å². The fourth-order valence-corrected chi connectivity index (χ4v) is 3.05. The molecule has 1 aromatic carbocycles. The summed E-state index contributed by atoms with van der Waals surface area (Å²) in [6.45, 7) is 4.03. The Bertz CT molecular complexity index is 641. The molecule has 1 aliphatic rings. The molecular formula is C16H22N4O. The molecule has 1 aliphatic heterocycles. The number of piperidine rings is 1. The Morgan fingerprint density at radius 2 is 2.05 bits per heavy atom.